The standard InChI is InChI=1S/C15H17N3O3/c1-3-18(8-11-7-5-4-6-10(11)2)14(19)12-13(15(20)21)17-9-16-12/h4-7,9H,3,8H2,1-2H3,(H,16,17)(H,20,21). The Kier molecular flexibility index (Phi) is 4.37. The summed E-state index contributed by atoms with van der Waals surface area (Å²) in [4.78, 5) is 31.4. The topological polar surface area (TPSA) is 86.3 Å². The van der Waals surface area contributed by atoms with Gasteiger partial charge in [0.15, 0.2) is 11.4 Å². The number of aryl methyl sites for hydroxylation is 1. The summed E-state index contributed by atoms with van der Waals surface area (Å²) in [5.74, 6) is -1.58. The van der Waals surface area contributed by atoms with Gasteiger partial charge in [-0.1, -0.05) is 24.3 Å². The number of aromatic amines is 1. The number of imidazole rings is 1. The number of hydrogen-bond acceptors (Lipinski definition) is 3. The summed E-state index contributed by atoms with van der Waals surface area (Å²) in [6, 6.07) is 7.78. The smallest absolute Gasteiger partial charge is 0.354 e. The SMILES string of the molecule is CCN(Cc1ccccc1C)C(=O)c1nc[nH]c1C(=O)O. The molecule has 0 atom stereocenters. The fourth-order valence-corrected chi connectivity index (χ4v) is 2.09. The quantitative estimate of drug-likeness (QED) is 0.881. The van der Waals surface area contributed by atoms with E-state index in [-0.39, 0.29) is 17.3 Å². The molecule has 2 N–H and O–H groups in total. The summed E-state index contributed by atoms with van der Waals surface area (Å²) in [7, 11) is 0. The monoisotopic (exact) mass is 287 g/mol. The molecule has 0 bridgehead atoms. The molecule has 0 radical (unpaired) electrons. The number of aromatic nitrogens is 2. The van der Waals surface area contributed by atoms with Crippen LogP contribution in [0.5, 0.6) is 0 Å². The number of carbonyl (C=O) groups is 2. The number of rotatable bonds is 5. The van der Waals surface area contributed by atoms with E-state index in [1.807, 2.05) is 38.1 Å². The van der Waals surface area contributed by atoms with Crippen LogP contribution < -0.4 is 0 Å². The van der Waals surface area contributed by atoms with Crippen molar-refractivity contribution in [2.75, 3.05) is 6.54 Å². The van der Waals surface area contributed by atoms with Crippen molar-refractivity contribution in [2.45, 2.75) is 20.4 Å². The van der Waals surface area contributed by atoms with E-state index in [0.29, 0.717) is 13.1 Å². The lowest BCUT2D eigenvalue weighted by Crippen LogP contribution is -2.32. The Labute approximate surface area is 122 Å². The first kappa shape index (κ1) is 14.8. The third-order valence-corrected chi connectivity index (χ3v) is 3.35. The first-order valence-corrected chi connectivity index (χ1v) is 6.65. The van der Waals surface area contributed by atoms with Crippen LogP contribution in [0.2, 0.25) is 0 Å². The fraction of sp³-hybridized carbons (Fsp3) is 0.267. The molecule has 1 aromatic carbocycles. The molecule has 21 heavy (non-hydrogen) atoms. The third kappa shape index (κ3) is 3.10. The minimum Gasteiger partial charge on any atom is -0.477 e. The van der Waals surface area contributed by atoms with Crippen molar-refractivity contribution in [3.8, 4) is 0 Å². The molecule has 1 amide bonds. The highest BCUT2D eigenvalue weighted by atomic mass is 16.4. The third-order valence-electron chi connectivity index (χ3n) is 3.35. The number of nitrogens with one attached hydrogen (secondary N) is 1. The molecule has 1 aromatic heterocycles. The molecule has 0 fully saturated rings. The van der Waals surface area contributed by atoms with Crippen LogP contribution in [0.25, 0.3) is 0 Å². The van der Waals surface area contributed by atoms with E-state index < -0.39 is 5.97 Å². The van der Waals surface area contributed by atoms with Gasteiger partial charge in [-0.05, 0) is 25.0 Å². The second kappa shape index (κ2) is 6.21. The highest BCUT2D eigenvalue weighted by Gasteiger charge is 2.24. The Balaban J connectivity index is 2.25. The predicted octanol–water partition coefficient (Wildman–Crippen LogP) is 2.08. The second-order valence-corrected chi connectivity index (χ2v) is 4.68. The van der Waals surface area contributed by atoms with Gasteiger partial charge in [-0.2, -0.15) is 0 Å². The molecule has 1 heterocycles. The normalized spacial score (nSPS) is 10.4. The number of aromatic carboxylic acids is 1. The van der Waals surface area contributed by atoms with Gasteiger partial charge in [-0.15, -0.1) is 0 Å². The second-order valence-electron chi connectivity index (χ2n) is 4.68. The van der Waals surface area contributed by atoms with E-state index in [9.17, 15) is 9.59 Å². The van der Waals surface area contributed by atoms with E-state index in [1.54, 1.807) is 4.90 Å². The first-order chi connectivity index (χ1) is 10.0. The summed E-state index contributed by atoms with van der Waals surface area (Å²) < 4.78 is 0. The van der Waals surface area contributed by atoms with Crippen molar-refractivity contribution in [3.63, 3.8) is 0 Å². The molecule has 0 saturated heterocycles. The zero-order valence-corrected chi connectivity index (χ0v) is 12.0. The van der Waals surface area contributed by atoms with Crippen LogP contribution in [-0.2, 0) is 6.54 Å². The van der Waals surface area contributed by atoms with Gasteiger partial charge in [0.1, 0.15) is 0 Å². The van der Waals surface area contributed by atoms with Crippen LogP contribution in [-0.4, -0.2) is 38.4 Å². The molecule has 0 aliphatic carbocycles. The lowest BCUT2D eigenvalue weighted by atomic mass is 10.1. The van der Waals surface area contributed by atoms with Crippen molar-refractivity contribution in [1.82, 2.24) is 14.9 Å². The lowest BCUT2D eigenvalue weighted by molar-refractivity contribution is 0.0667. The maximum atomic E-state index is 12.5. The van der Waals surface area contributed by atoms with Gasteiger partial charge in [0.25, 0.3) is 5.91 Å². The maximum Gasteiger partial charge on any atom is 0.354 e. The minimum atomic E-state index is -1.19. The Morgan fingerprint density at radius 1 is 1.33 bits per heavy atom. The minimum absolute atomic E-state index is 0.0575. The molecule has 2 rings (SSSR count). The molecule has 2 aromatic rings. The van der Waals surface area contributed by atoms with E-state index in [4.69, 9.17) is 5.11 Å². The van der Waals surface area contributed by atoms with Gasteiger partial charge in [0.05, 0.1) is 6.33 Å². The molecule has 6 heteroatoms. The van der Waals surface area contributed by atoms with Crippen LogP contribution in [0.4, 0.5) is 0 Å². The summed E-state index contributed by atoms with van der Waals surface area (Å²) in [5.41, 5.74) is 1.88. The number of benzene rings is 1. The van der Waals surface area contributed by atoms with Crippen molar-refractivity contribution in [1.29, 1.82) is 0 Å². The van der Waals surface area contributed by atoms with Gasteiger partial charge < -0.3 is 15.0 Å². The molecule has 0 saturated carbocycles. The molecule has 0 spiro atoms. The molecule has 0 aliphatic rings. The van der Waals surface area contributed by atoms with Gasteiger partial charge in [0.2, 0.25) is 0 Å². The number of amides is 1. The first-order valence-electron chi connectivity index (χ1n) is 6.65. The highest BCUT2D eigenvalue weighted by molar-refractivity contribution is 6.02. The van der Waals surface area contributed by atoms with Crippen molar-refractivity contribution >= 4 is 11.9 Å². The average Bonchev–Trinajstić information content (AvgIpc) is 2.95. The number of carbonyl (C=O) groups excluding carboxylic acids is 1. The van der Waals surface area contributed by atoms with Crippen molar-refractivity contribution in [3.05, 3.63) is 53.1 Å². The summed E-state index contributed by atoms with van der Waals surface area (Å²) in [6.07, 6.45) is 1.22. The Morgan fingerprint density at radius 2 is 2.05 bits per heavy atom. The lowest BCUT2D eigenvalue weighted by Gasteiger charge is -2.21. The van der Waals surface area contributed by atoms with Gasteiger partial charge >= 0.3 is 5.97 Å². The largest absolute Gasteiger partial charge is 0.477 e. The number of carboxylic acids is 1. The number of hydrogen-bond donors (Lipinski definition) is 2. The van der Waals surface area contributed by atoms with Crippen LogP contribution in [0.1, 0.15) is 39.0 Å². The Bertz CT molecular complexity index is 664. The molecule has 0 aliphatic heterocycles. The predicted molar refractivity (Wildman–Crippen MR) is 77.1 cm³/mol. The molecule has 110 valence electrons. The molecule has 0 unspecified atom stereocenters. The Hall–Kier alpha value is -2.63. The van der Waals surface area contributed by atoms with Crippen LogP contribution in [0, 0.1) is 6.92 Å². The van der Waals surface area contributed by atoms with Crippen molar-refractivity contribution < 1.29 is 14.7 Å². The highest BCUT2D eigenvalue weighted by Crippen LogP contribution is 2.14. The zero-order valence-electron chi connectivity index (χ0n) is 12.0. The van der Waals surface area contributed by atoms with Gasteiger partial charge in [-0.3, -0.25) is 4.79 Å². The summed E-state index contributed by atoms with van der Waals surface area (Å²) >= 11 is 0. The zero-order chi connectivity index (χ0) is 15.4. The summed E-state index contributed by atoms with van der Waals surface area (Å²) in [6.45, 7) is 4.72. The summed E-state index contributed by atoms with van der Waals surface area (Å²) in [5, 5.41) is 9.05. The fourth-order valence-electron chi connectivity index (χ4n) is 2.09. The van der Waals surface area contributed by atoms with Crippen LogP contribution in [0.15, 0.2) is 30.6 Å². The molecular formula is C15H17N3O3. The molecular weight excluding hydrogens is 270 g/mol. The van der Waals surface area contributed by atoms with Crippen molar-refractivity contribution in [2.24, 2.45) is 0 Å². The number of H-pyrrole nitrogens is 1. The maximum absolute atomic E-state index is 12.5. The number of nitrogens with zero attached hydrogens (tertiary/aromatic N) is 2. The average molecular weight is 287 g/mol. The van der Waals surface area contributed by atoms with Gasteiger partial charge in [0, 0.05) is 13.1 Å². The van der Waals surface area contributed by atoms with Crippen LogP contribution >= 0.6 is 0 Å². The van der Waals surface area contributed by atoms with E-state index in [1.165, 1.54) is 6.33 Å². The molecule has 6 nitrogen and oxygen atoms in total. The van der Waals surface area contributed by atoms with E-state index in [2.05, 4.69) is 9.97 Å². The van der Waals surface area contributed by atoms with Gasteiger partial charge in [-0.25, -0.2) is 9.78 Å². The van der Waals surface area contributed by atoms with Crippen LogP contribution in [0.3, 0.4) is 0 Å². The van der Waals surface area contributed by atoms with E-state index >= 15 is 0 Å². The Morgan fingerprint density at radius 3 is 2.67 bits per heavy atom. The number of carboxylic acid groups (broad SMARTS) is 1. The van der Waals surface area contributed by atoms with E-state index in [0.717, 1.165) is 11.1 Å².